The van der Waals surface area contributed by atoms with Crippen LogP contribution in [0, 0.1) is 6.92 Å². The summed E-state index contributed by atoms with van der Waals surface area (Å²) in [5.41, 5.74) is 2.47. The second-order valence-electron chi connectivity index (χ2n) is 6.90. The van der Waals surface area contributed by atoms with Crippen LogP contribution in [0.1, 0.15) is 17.2 Å². The molecule has 1 atom stereocenters. The Morgan fingerprint density at radius 2 is 1.84 bits per heavy atom. The van der Waals surface area contributed by atoms with Gasteiger partial charge in [0, 0.05) is 46.4 Å². The van der Waals surface area contributed by atoms with Crippen molar-refractivity contribution in [1.82, 2.24) is 20.0 Å². The fourth-order valence-corrected chi connectivity index (χ4v) is 3.08. The van der Waals surface area contributed by atoms with Gasteiger partial charge in [0.1, 0.15) is 0 Å². The summed E-state index contributed by atoms with van der Waals surface area (Å²) in [6.45, 7) is 7.73. The van der Waals surface area contributed by atoms with Crippen molar-refractivity contribution in [1.29, 1.82) is 0 Å². The maximum Gasteiger partial charge on any atom is 0.317 e. The first-order valence-electron chi connectivity index (χ1n) is 8.98. The summed E-state index contributed by atoms with van der Waals surface area (Å²) in [5, 5.41) is 3.11. The third-order valence-corrected chi connectivity index (χ3v) is 4.80. The molecule has 0 bridgehead atoms. The molecule has 1 fully saturated rings. The van der Waals surface area contributed by atoms with E-state index in [2.05, 4.69) is 46.3 Å². The molecule has 0 aliphatic carbocycles. The zero-order valence-electron chi connectivity index (χ0n) is 16.0. The minimum absolute atomic E-state index is 0.0327. The molecule has 0 saturated carbocycles. The molecular weight excluding hydrogens is 316 g/mol. The highest BCUT2D eigenvalue weighted by Crippen LogP contribution is 2.18. The maximum absolute atomic E-state index is 12.5. The smallest absolute Gasteiger partial charge is 0.317 e. The molecule has 6 heteroatoms. The number of amides is 2. The van der Waals surface area contributed by atoms with Gasteiger partial charge in [-0.15, -0.1) is 0 Å². The molecule has 1 N–H and O–H groups in total. The van der Waals surface area contributed by atoms with Crippen LogP contribution in [0.3, 0.4) is 0 Å². The highest BCUT2D eigenvalue weighted by molar-refractivity contribution is 5.74. The monoisotopic (exact) mass is 348 g/mol. The average Bonchev–Trinajstić information content (AvgIpc) is 2.61. The first kappa shape index (κ1) is 19.7. The quantitative estimate of drug-likeness (QED) is 0.813. The lowest BCUT2D eigenvalue weighted by atomic mass is 10.0. The van der Waals surface area contributed by atoms with E-state index in [1.54, 1.807) is 7.11 Å². The molecule has 140 valence electrons. The SMILES string of the molecule is COCCN1CCN(C(=O)NCC(c2ccc(C)cc2)N(C)C)CC1. The van der Waals surface area contributed by atoms with Crippen LogP contribution >= 0.6 is 0 Å². The van der Waals surface area contributed by atoms with Gasteiger partial charge in [0.25, 0.3) is 0 Å². The Morgan fingerprint density at radius 3 is 2.40 bits per heavy atom. The first-order chi connectivity index (χ1) is 12.0. The molecule has 1 aromatic carbocycles. The van der Waals surface area contributed by atoms with Gasteiger partial charge >= 0.3 is 6.03 Å². The minimum atomic E-state index is 0.0327. The number of carbonyl (C=O) groups excluding carboxylic acids is 1. The van der Waals surface area contributed by atoms with Gasteiger partial charge in [-0.2, -0.15) is 0 Å². The summed E-state index contributed by atoms with van der Waals surface area (Å²) < 4.78 is 5.12. The predicted octanol–water partition coefficient (Wildman–Crippen LogP) is 1.57. The van der Waals surface area contributed by atoms with E-state index in [9.17, 15) is 4.79 Å². The standard InChI is InChI=1S/C19H32N4O2/c1-16-5-7-17(8-6-16)18(21(2)3)15-20-19(24)23-11-9-22(10-12-23)13-14-25-4/h5-8,18H,9-15H2,1-4H3,(H,20,24). The number of carbonyl (C=O) groups is 1. The van der Waals surface area contributed by atoms with Gasteiger partial charge in [0.15, 0.2) is 0 Å². The lowest BCUT2D eigenvalue weighted by molar-refractivity contribution is 0.105. The van der Waals surface area contributed by atoms with Gasteiger partial charge in [-0.05, 0) is 26.6 Å². The number of ether oxygens (including phenoxy) is 1. The Bertz CT molecular complexity index is 525. The van der Waals surface area contributed by atoms with Crippen molar-refractivity contribution in [3.05, 3.63) is 35.4 Å². The van der Waals surface area contributed by atoms with E-state index in [0.29, 0.717) is 6.54 Å². The number of likely N-dealkylation sites (N-methyl/N-ethyl adjacent to an activating group) is 1. The maximum atomic E-state index is 12.5. The number of hydrogen-bond donors (Lipinski definition) is 1. The topological polar surface area (TPSA) is 48.1 Å². The van der Waals surface area contributed by atoms with Gasteiger partial charge in [-0.1, -0.05) is 29.8 Å². The van der Waals surface area contributed by atoms with Crippen molar-refractivity contribution >= 4 is 6.03 Å². The van der Waals surface area contributed by atoms with E-state index in [1.165, 1.54) is 11.1 Å². The molecule has 6 nitrogen and oxygen atoms in total. The molecule has 1 aromatic rings. The number of aryl methyl sites for hydroxylation is 1. The molecule has 1 aliphatic heterocycles. The minimum Gasteiger partial charge on any atom is -0.383 e. The van der Waals surface area contributed by atoms with E-state index in [4.69, 9.17) is 4.74 Å². The highest BCUT2D eigenvalue weighted by Gasteiger charge is 2.22. The Balaban J connectivity index is 1.82. The van der Waals surface area contributed by atoms with Crippen LogP contribution in [-0.2, 0) is 4.74 Å². The number of nitrogens with one attached hydrogen (secondary N) is 1. The van der Waals surface area contributed by atoms with Crippen LogP contribution < -0.4 is 5.32 Å². The second kappa shape index (κ2) is 9.75. The number of benzene rings is 1. The average molecular weight is 348 g/mol. The lowest BCUT2D eigenvalue weighted by Crippen LogP contribution is -2.53. The Morgan fingerprint density at radius 1 is 1.20 bits per heavy atom. The third kappa shape index (κ3) is 5.99. The van der Waals surface area contributed by atoms with E-state index in [0.717, 1.165) is 39.3 Å². The summed E-state index contributed by atoms with van der Waals surface area (Å²) in [5.74, 6) is 0. The number of methoxy groups -OCH3 is 1. The Hall–Kier alpha value is -1.63. The zero-order valence-corrected chi connectivity index (χ0v) is 16.0. The van der Waals surface area contributed by atoms with Gasteiger partial charge in [-0.3, -0.25) is 4.90 Å². The lowest BCUT2D eigenvalue weighted by Gasteiger charge is -2.35. The number of hydrogen-bond acceptors (Lipinski definition) is 4. The summed E-state index contributed by atoms with van der Waals surface area (Å²) in [6.07, 6.45) is 0. The van der Waals surface area contributed by atoms with Crippen LogP contribution in [0.2, 0.25) is 0 Å². The van der Waals surface area contributed by atoms with Crippen molar-refractivity contribution in [2.45, 2.75) is 13.0 Å². The van der Waals surface area contributed by atoms with Crippen molar-refractivity contribution < 1.29 is 9.53 Å². The molecular formula is C19H32N4O2. The van der Waals surface area contributed by atoms with Crippen LogP contribution in [0.4, 0.5) is 4.79 Å². The van der Waals surface area contributed by atoms with E-state index in [-0.39, 0.29) is 12.1 Å². The summed E-state index contributed by atoms with van der Waals surface area (Å²) >= 11 is 0. The van der Waals surface area contributed by atoms with Crippen LogP contribution in [0.5, 0.6) is 0 Å². The van der Waals surface area contributed by atoms with Crippen molar-refractivity contribution in [3.63, 3.8) is 0 Å². The predicted molar refractivity (Wildman–Crippen MR) is 101 cm³/mol. The van der Waals surface area contributed by atoms with Crippen LogP contribution in [0.25, 0.3) is 0 Å². The van der Waals surface area contributed by atoms with Crippen molar-refractivity contribution in [2.24, 2.45) is 0 Å². The van der Waals surface area contributed by atoms with E-state index < -0.39 is 0 Å². The molecule has 1 aliphatic rings. The third-order valence-electron chi connectivity index (χ3n) is 4.80. The number of nitrogens with zero attached hydrogens (tertiary/aromatic N) is 3. The van der Waals surface area contributed by atoms with E-state index in [1.807, 2.05) is 19.0 Å². The Kier molecular flexibility index (Phi) is 7.68. The number of piperazine rings is 1. The first-order valence-corrected chi connectivity index (χ1v) is 8.98. The van der Waals surface area contributed by atoms with Gasteiger partial charge in [0.2, 0.25) is 0 Å². The molecule has 1 heterocycles. The summed E-state index contributed by atoms with van der Waals surface area (Å²) in [6, 6.07) is 8.72. The molecule has 2 rings (SSSR count). The Labute approximate surface area is 151 Å². The molecule has 1 saturated heterocycles. The summed E-state index contributed by atoms with van der Waals surface area (Å²) in [4.78, 5) is 18.9. The molecule has 2 amide bonds. The normalized spacial score (nSPS) is 16.9. The number of urea groups is 1. The van der Waals surface area contributed by atoms with Crippen LogP contribution in [0.15, 0.2) is 24.3 Å². The van der Waals surface area contributed by atoms with Crippen molar-refractivity contribution in [2.75, 3.05) is 67.1 Å². The van der Waals surface area contributed by atoms with Crippen molar-refractivity contribution in [3.8, 4) is 0 Å². The molecule has 1 unspecified atom stereocenters. The number of rotatable bonds is 7. The zero-order chi connectivity index (χ0) is 18.2. The molecule has 0 aromatic heterocycles. The molecule has 25 heavy (non-hydrogen) atoms. The summed E-state index contributed by atoms with van der Waals surface area (Å²) in [7, 11) is 5.81. The van der Waals surface area contributed by atoms with E-state index >= 15 is 0 Å². The van der Waals surface area contributed by atoms with Gasteiger partial charge in [0.05, 0.1) is 12.6 Å². The largest absolute Gasteiger partial charge is 0.383 e. The van der Waals surface area contributed by atoms with Gasteiger partial charge in [-0.25, -0.2) is 4.79 Å². The van der Waals surface area contributed by atoms with Crippen LogP contribution in [-0.4, -0.2) is 87.8 Å². The second-order valence-corrected chi connectivity index (χ2v) is 6.90. The highest BCUT2D eigenvalue weighted by atomic mass is 16.5. The molecule has 0 radical (unpaired) electrons. The van der Waals surface area contributed by atoms with Gasteiger partial charge < -0.3 is 19.9 Å². The molecule has 0 spiro atoms. The fourth-order valence-electron chi connectivity index (χ4n) is 3.08. The fraction of sp³-hybridized carbons (Fsp3) is 0.632.